The first-order chi connectivity index (χ1) is 7.90. The number of halogens is 1. The van der Waals surface area contributed by atoms with E-state index in [0.29, 0.717) is 11.3 Å². The van der Waals surface area contributed by atoms with Crippen LogP contribution in [-0.4, -0.2) is 33.3 Å². The van der Waals surface area contributed by atoms with Crippen LogP contribution in [0.15, 0.2) is 18.2 Å². The fourth-order valence-corrected chi connectivity index (χ4v) is 2.32. The normalized spacial score (nSPS) is 14.1. The van der Waals surface area contributed by atoms with Crippen molar-refractivity contribution in [1.82, 2.24) is 5.32 Å². The van der Waals surface area contributed by atoms with E-state index in [1.807, 2.05) is 0 Å². The zero-order valence-corrected chi connectivity index (χ0v) is 11.1. The highest BCUT2D eigenvalue weighted by Crippen LogP contribution is 2.23. The number of hydrogen-bond acceptors (Lipinski definition) is 3. The predicted molar refractivity (Wildman–Crippen MR) is 69.0 cm³/mol. The molecule has 6 heteroatoms. The Balaban J connectivity index is 2.70. The molecule has 2 N–H and O–H groups in total. The molecule has 0 saturated heterocycles. The second-order valence-corrected chi connectivity index (χ2v) is 5.67. The minimum Gasteiger partial charge on any atom is -0.506 e. The molecule has 1 amide bonds. The van der Waals surface area contributed by atoms with Gasteiger partial charge in [-0.05, 0) is 25.1 Å². The fourth-order valence-electron chi connectivity index (χ4n) is 1.35. The lowest BCUT2D eigenvalue weighted by Crippen LogP contribution is -2.36. The zero-order valence-electron chi connectivity index (χ0n) is 9.57. The summed E-state index contributed by atoms with van der Waals surface area (Å²) >= 11 is 5.70. The van der Waals surface area contributed by atoms with Gasteiger partial charge in [0, 0.05) is 34.4 Å². The summed E-state index contributed by atoms with van der Waals surface area (Å²) in [5, 5.41) is 12.1. The highest BCUT2D eigenvalue weighted by atomic mass is 35.5. The summed E-state index contributed by atoms with van der Waals surface area (Å²) in [5.74, 6) is 0.0353. The molecule has 2 atom stereocenters. The van der Waals surface area contributed by atoms with Crippen molar-refractivity contribution in [3.63, 3.8) is 0 Å². The van der Waals surface area contributed by atoms with E-state index in [0.717, 1.165) is 0 Å². The number of carbonyl (C=O) groups excluding carboxylic acids is 1. The summed E-state index contributed by atoms with van der Waals surface area (Å²) in [4.78, 5) is 11.7. The molecule has 2 unspecified atom stereocenters. The third-order valence-corrected chi connectivity index (χ3v) is 3.34. The van der Waals surface area contributed by atoms with Crippen LogP contribution in [0, 0.1) is 0 Å². The lowest BCUT2D eigenvalue weighted by atomic mass is 10.2. The Bertz CT molecular complexity index is 450. The van der Waals surface area contributed by atoms with Crippen LogP contribution >= 0.6 is 11.6 Å². The van der Waals surface area contributed by atoms with Gasteiger partial charge in [-0.15, -0.1) is 0 Å². The van der Waals surface area contributed by atoms with E-state index in [-0.39, 0.29) is 22.7 Å². The molecule has 0 spiro atoms. The molecule has 1 aromatic rings. The molecule has 0 aliphatic carbocycles. The average molecular weight is 276 g/mol. The van der Waals surface area contributed by atoms with Gasteiger partial charge in [0.1, 0.15) is 5.75 Å². The Morgan fingerprint density at radius 1 is 1.59 bits per heavy atom. The number of amides is 1. The van der Waals surface area contributed by atoms with Crippen LogP contribution in [0.3, 0.4) is 0 Å². The monoisotopic (exact) mass is 275 g/mol. The Labute approximate surface area is 107 Å². The van der Waals surface area contributed by atoms with Crippen molar-refractivity contribution in [3.8, 4) is 5.75 Å². The molecule has 0 aromatic heterocycles. The lowest BCUT2D eigenvalue weighted by Gasteiger charge is -2.12. The first-order valence-electron chi connectivity index (χ1n) is 4.99. The number of benzene rings is 1. The van der Waals surface area contributed by atoms with Gasteiger partial charge in [-0.3, -0.25) is 9.00 Å². The van der Waals surface area contributed by atoms with Crippen molar-refractivity contribution in [2.24, 2.45) is 0 Å². The van der Waals surface area contributed by atoms with Crippen molar-refractivity contribution in [3.05, 3.63) is 28.8 Å². The van der Waals surface area contributed by atoms with Crippen molar-refractivity contribution < 1.29 is 14.1 Å². The van der Waals surface area contributed by atoms with E-state index in [4.69, 9.17) is 11.6 Å². The Morgan fingerprint density at radius 3 is 2.76 bits per heavy atom. The molecule has 1 aromatic carbocycles. The molecule has 0 saturated carbocycles. The molecule has 0 fully saturated rings. The summed E-state index contributed by atoms with van der Waals surface area (Å²) < 4.78 is 11.0. The van der Waals surface area contributed by atoms with Crippen LogP contribution in [0.25, 0.3) is 0 Å². The second kappa shape index (κ2) is 6.02. The van der Waals surface area contributed by atoms with Crippen LogP contribution in [0.1, 0.15) is 17.3 Å². The molecular weight excluding hydrogens is 262 g/mol. The summed E-state index contributed by atoms with van der Waals surface area (Å²) in [7, 11) is -0.957. The number of hydrogen-bond donors (Lipinski definition) is 2. The molecule has 94 valence electrons. The first-order valence-corrected chi connectivity index (χ1v) is 7.10. The molecule has 4 nitrogen and oxygen atoms in total. The molecule has 0 radical (unpaired) electrons. The van der Waals surface area contributed by atoms with Gasteiger partial charge in [-0.25, -0.2) is 0 Å². The first kappa shape index (κ1) is 14.0. The quantitative estimate of drug-likeness (QED) is 0.876. The zero-order chi connectivity index (χ0) is 13.0. The van der Waals surface area contributed by atoms with E-state index in [1.54, 1.807) is 13.2 Å². The third-order valence-electron chi connectivity index (χ3n) is 2.07. The van der Waals surface area contributed by atoms with Gasteiger partial charge in [0.2, 0.25) is 0 Å². The van der Waals surface area contributed by atoms with Gasteiger partial charge in [0.05, 0.1) is 5.02 Å². The van der Waals surface area contributed by atoms with E-state index in [1.165, 1.54) is 18.2 Å². The van der Waals surface area contributed by atoms with Crippen molar-refractivity contribution in [2.75, 3.05) is 12.0 Å². The molecule has 0 heterocycles. The maximum absolute atomic E-state index is 11.7. The second-order valence-electron chi connectivity index (χ2n) is 3.78. The fraction of sp³-hybridized carbons (Fsp3) is 0.364. The molecular formula is C11H14ClNO3S. The summed E-state index contributed by atoms with van der Waals surface area (Å²) in [6, 6.07) is 4.05. The molecule has 17 heavy (non-hydrogen) atoms. The Kier molecular flexibility index (Phi) is 4.96. The van der Waals surface area contributed by atoms with Crippen molar-refractivity contribution in [1.29, 1.82) is 0 Å². The molecule has 0 bridgehead atoms. The van der Waals surface area contributed by atoms with E-state index in [9.17, 15) is 14.1 Å². The molecule has 0 aliphatic heterocycles. The number of phenols is 1. The van der Waals surface area contributed by atoms with Crippen LogP contribution in [-0.2, 0) is 10.8 Å². The van der Waals surface area contributed by atoms with Gasteiger partial charge in [-0.1, -0.05) is 11.6 Å². The van der Waals surface area contributed by atoms with Crippen molar-refractivity contribution >= 4 is 28.3 Å². The predicted octanol–water partition coefficient (Wildman–Crippen LogP) is 1.54. The van der Waals surface area contributed by atoms with Crippen LogP contribution < -0.4 is 5.32 Å². The Hall–Kier alpha value is -1.07. The largest absolute Gasteiger partial charge is 0.506 e. The maximum atomic E-state index is 11.7. The summed E-state index contributed by atoms with van der Waals surface area (Å²) in [5.41, 5.74) is 0.363. The SMILES string of the molecule is CC(CS(C)=O)NC(=O)c1ccc(O)c(Cl)c1. The number of nitrogens with one attached hydrogen (secondary N) is 1. The number of phenolic OH excluding ortho intramolecular Hbond substituents is 1. The number of carbonyl (C=O) groups is 1. The maximum Gasteiger partial charge on any atom is 0.251 e. The third kappa shape index (κ3) is 4.36. The van der Waals surface area contributed by atoms with Gasteiger partial charge in [0.15, 0.2) is 0 Å². The van der Waals surface area contributed by atoms with Gasteiger partial charge < -0.3 is 10.4 Å². The number of aromatic hydroxyl groups is 1. The van der Waals surface area contributed by atoms with Crippen LogP contribution in [0.4, 0.5) is 0 Å². The number of rotatable bonds is 4. The van der Waals surface area contributed by atoms with Gasteiger partial charge in [0.25, 0.3) is 5.91 Å². The van der Waals surface area contributed by atoms with Crippen molar-refractivity contribution in [2.45, 2.75) is 13.0 Å². The minimum atomic E-state index is -0.957. The van der Waals surface area contributed by atoms with E-state index < -0.39 is 10.8 Å². The van der Waals surface area contributed by atoms with E-state index >= 15 is 0 Å². The standard InChI is InChI=1S/C11H14ClNO3S/c1-7(6-17(2)16)13-11(15)8-3-4-10(14)9(12)5-8/h3-5,7,14H,6H2,1-2H3,(H,13,15). The van der Waals surface area contributed by atoms with Gasteiger partial charge >= 0.3 is 0 Å². The highest BCUT2D eigenvalue weighted by Gasteiger charge is 2.12. The van der Waals surface area contributed by atoms with Crippen LogP contribution in [0.5, 0.6) is 5.75 Å². The summed E-state index contributed by atoms with van der Waals surface area (Å²) in [6.07, 6.45) is 1.58. The van der Waals surface area contributed by atoms with E-state index in [2.05, 4.69) is 5.32 Å². The minimum absolute atomic E-state index is 0.0640. The Morgan fingerprint density at radius 2 is 2.24 bits per heavy atom. The molecule has 1 rings (SSSR count). The highest BCUT2D eigenvalue weighted by molar-refractivity contribution is 7.84. The lowest BCUT2D eigenvalue weighted by molar-refractivity contribution is 0.0943. The topological polar surface area (TPSA) is 66.4 Å². The average Bonchev–Trinajstić information content (AvgIpc) is 2.20. The smallest absolute Gasteiger partial charge is 0.251 e. The van der Waals surface area contributed by atoms with Gasteiger partial charge in [-0.2, -0.15) is 0 Å². The molecule has 0 aliphatic rings. The summed E-state index contributed by atoms with van der Waals surface area (Å²) in [6.45, 7) is 1.78. The van der Waals surface area contributed by atoms with Crippen LogP contribution in [0.2, 0.25) is 5.02 Å².